The van der Waals surface area contributed by atoms with E-state index in [4.69, 9.17) is 11.6 Å². The molecule has 1 N–H and O–H groups in total. The molecule has 0 aliphatic rings. The summed E-state index contributed by atoms with van der Waals surface area (Å²) >= 11 is 6.11. The zero-order chi connectivity index (χ0) is 22.4. The summed E-state index contributed by atoms with van der Waals surface area (Å²) in [6.45, 7) is 3.26. The van der Waals surface area contributed by atoms with Gasteiger partial charge in [0.1, 0.15) is 6.54 Å². The number of amides is 1. The summed E-state index contributed by atoms with van der Waals surface area (Å²) < 4.78 is 27.7. The van der Waals surface area contributed by atoms with Crippen LogP contribution >= 0.6 is 11.6 Å². The molecule has 0 spiro atoms. The van der Waals surface area contributed by atoms with Crippen LogP contribution in [0.3, 0.4) is 0 Å². The van der Waals surface area contributed by atoms with Gasteiger partial charge in [-0.2, -0.15) is 5.10 Å². The normalized spacial score (nSPS) is 11.5. The Hall–Kier alpha value is -3.16. The van der Waals surface area contributed by atoms with Crippen LogP contribution in [0.5, 0.6) is 0 Å². The molecular weight excluding hydrogens is 434 g/mol. The Morgan fingerprint density at radius 1 is 1.03 bits per heavy atom. The van der Waals surface area contributed by atoms with E-state index in [1.165, 1.54) is 24.4 Å². The van der Waals surface area contributed by atoms with Crippen LogP contribution in [0.15, 0.2) is 82.8 Å². The minimum absolute atomic E-state index is 0.0745. The van der Waals surface area contributed by atoms with Crippen LogP contribution < -0.4 is 9.73 Å². The third kappa shape index (κ3) is 5.71. The average molecular weight is 456 g/mol. The molecule has 3 aromatic rings. The van der Waals surface area contributed by atoms with E-state index in [-0.39, 0.29) is 4.90 Å². The van der Waals surface area contributed by atoms with Crippen LogP contribution in [-0.2, 0) is 14.8 Å². The van der Waals surface area contributed by atoms with Crippen molar-refractivity contribution in [3.05, 3.63) is 94.5 Å². The summed E-state index contributed by atoms with van der Waals surface area (Å²) in [5, 5.41) is 4.32. The summed E-state index contributed by atoms with van der Waals surface area (Å²) in [5.74, 6) is -0.581. The minimum atomic E-state index is -4.01. The van der Waals surface area contributed by atoms with E-state index in [0.29, 0.717) is 16.3 Å². The third-order valence-corrected chi connectivity index (χ3v) is 6.51. The molecular formula is C23H22ClN3O3S. The van der Waals surface area contributed by atoms with Crippen molar-refractivity contribution >= 4 is 39.4 Å². The van der Waals surface area contributed by atoms with Crippen LogP contribution in [0.2, 0.25) is 5.02 Å². The van der Waals surface area contributed by atoms with Gasteiger partial charge in [0.25, 0.3) is 15.9 Å². The molecule has 8 heteroatoms. The fourth-order valence-electron chi connectivity index (χ4n) is 2.97. The highest BCUT2D eigenvalue weighted by atomic mass is 35.5. The van der Waals surface area contributed by atoms with Crippen molar-refractivity contribution in [2.75, 3.05) is 10.8 Å². The van der Waals surface area contributed by atoms with Crippen molar-refractivity contribution in [2.45, 2.75) is 18.7 Å². The molecule has 31 heavy (non-hydrogen) atoms. The second kappa shape index (κ2) is 9.76. The van der Waals surface area contributed by atoms with Crippen LogP contribution in [0.1, 0.15) is 16.7 Å². The fraction of sp³-hybridized carbons (Fsp3) is 0.130. The molecule has 0 aliphatic heterocycles. The SMILES string of the molecule is Cc1cccc(/C=N\NC(=O)CN(c2cc(Cl)ccc2C)S(=O)(=O)c2ccccc2)c1. The van der Waals surface area contributed by atoms with Gasteiger partial charge in [0.05, 0.1) is 16.8 Å². The molecule has 160 valence electrons. The zero-order valence-electron chi connectivity index (χ0n) is 17.1. The maximum absolute atomic E-state index is 13.3. The number of benzene rings is 3. The number of hydrazone groups is 1. The number of nitrogens with zero attached hydrogens (tertiary/aromatic N) is 2. The van der Waals surface area contributed by atoms with Gasteiger partial charge in [0.2, 0.25) is 0 Å². The first kappa shape index (κ1) is 22.5. The first-order valence-electron chi connectivity index (χ1n) is 9.50. The van der Waals surface area contributed by atoms with Gasteiger partial charge in [-0.3, -0.25) is 9.10 Å². The van der Waals surface area contributed by atoms with Crippen LogP contribution in [0, 0.1) is 13.8 Å². The number of carbonyl (C=O) groups excluding carboxylic acids is 1. The molecule has 6 nitrogen and oxygen atoms in total. The fourth-order valence-corrected chi connectivity index (χ4v) is 4.63. The first-order chi connectivity index (χ1) is 14.8. The molecule has 0 saturated heterocycles. The standard InChI is InChI=1S/C23H22ClN3O3S/c1-17-7-6-8-19(13-17)15-25-26-23(28)16-27(22-14-20(24)12-11-18(22)2)31(29,30)21-9-4-3-5-10-21/h3-15H,16H2,1-2H3,(H,26,28)/b25-15-. The molecule has 0 saturated carbocycles. The predicted molar refractivity (Wildman–Crippen MR) is 124 cm³/mol. The summed E-state index contributed by atoms with van der Waals surface area (Å²) in [4.78, 5) is 12.7. The quantitative estimate of drug-likeness (QED) is 0.426. The van der Waals surface area contributed by atoms with Crippen LogP contribution in [0.25, 0.3) is 0 Å². The first-order valence-corrected chi connectivity index (χ1v) is 11.3. The maximum Gasteiger partial charge on any atom is 0.264 e. The van der Waals surface area contributed by atoms with E-state index in [1.807, 2.05) is 31.2 Å². The zero-order valence-corrected chi connectivity index (χ0v) is 18.7. The van der Waals surface area contributed by atoms with Crippen molar-refractivity contribution in [1.29, 1.82) is 0 Å². The van der Waals surface area contributed by atoms with Crippen molar-refractivity contribution in [1.82, 2.24) is 5.43 Å². The highest BCUT2D eigenvalue weighted by Gasteiger charge is 2.28. The van der Waals surface area contributed by atoms with E-state index in [2.05, 4.69) is 10.5 Å². The Morgan fingerprint density at radius 3 is 2.48 bits per heavy atom. The molecule has 3 rings (SSSR count). The Morgan fingerprint density at radius 2 is 1.77 bits per heavy atom. The Labute approximate surface area is 187 Å². The highest BCUT2D eigenvalue weighted by Crippen LogP contribution is 2.29. The van der Waals surface area contributed by atoms with E-state index >= 15 is 0 Å². The smallest absolute Gasteiger partial charge is 0.264 e. The lowest BCUT2D eigenvalue weighted by atomic mass is 10.2. The molecule has 0 fully saturated rings. The largest absolute Gasteiger partial charge is 0.271 e. The number of halogens is 1. The lowest BCUT2D eigenvalue weighted by Crippen LogP contribution is -2.40. The van der Waals surface area contributed by atoms with E-state index < -0.39 is 22.5 Å². The molecule has 0 atom stereocenters. The lowest BCUT2D eigenvalue weighted by molar-refractivity contribution is -0.119. The monoisotopic (exact) mass is 455 g/mol. The second-order valence-electron chi connectivity index (χ2n) is 6.96. The molecule has 1 amide bonds. The molecule has 0 unspecified atom stereocenters. The number of rotatable bonds is 7. The van der Waals surface area contributed by atoms with Crippen molar-refractivity contribution in [3.63, 3.8) is 0 Å². The molecule has 0 aromatic heterocycles. The highest BCUT2D eigenvalue weighted by molar-refractivity contribution is 7.92. The Balaban J connectivity index is 1.88. The van der Waals surface area contributed by atoms with Gasteiger partial charge in [0.15, 0.2) is 0 Å². The van der Waals surface area contributed by atoms with Crippen molar-refractivity contribution in [2.24, 2.45) is 5.10 Å². The van der Waals surface area contributed by atoms with Crippen molar-refractivity contribution < 1.29 is 13.2 Å². The molecule has 0 heterocycles. The topological polar surface area (TPSA) is 78.8 Å². The summed E-state index contributed by atoms with van der Waals surface area (Å²) in [5.41, 5.74) is 5.28. The Bertz CT molecular complexity index is 1210. The van der Waals surface area contributed by atoms with Crippen LogP contribution in [0.4, 0.5) is 5.69 Å². The maximum atomic E-state index is 13.3. The van der Waals surface area contributed by atoms with Gasteiger partial charge >= 0.3 is 0 Å². The third-order valence-electron chi connectivity index (χ3n) is 4.50. The van der Waals surface area contributed by atoms with Crippen molar-refractivity contribution in [3.8, 4) is 0 Å². The number of anilines is 1. The summed E-state index contributed by atoms with van der Waals surface area (Å²) in [6.07, 6.45) is 1.51. The molecule has 0 bridgehead atoms. The summed E-state index contributed by atoms with van der Waals surface area (Å²) in [6, 6.07) is 20.4. The molecule has 0 radical (unpaired) electrons. The van der Waals surface area contributed by atoms with Gasteiger partial charge in [0, 0.05) is 5.02 Å². The number of nitrogens with one attached hydrogen (secondary N) is 1. The van der Waals surface area contributed by atoms with Gasteiger partial charge in [-0.1, -0.05) is 65.7 Å². The number of hydrogen-bond donors (Lipinski definition) is 1. The summed E-state index contributed by atoms with van der Waals surface area (Å²) in [7, 11) is -4.01. The van der Waals surface area contributed by atoms with E-state index in [0.717, 1.165) is 15.4 Å². The van der Waals surface area contributed by atoms with E-state index in [9.17, 15) is 13.2 Å². The minimum Gasteiger partial charge on any atom is -0.271 e. The predicted octanol–water partition coefficient (Wildman–Crippen LogP) is 4.30. The Kier molecular flexibility index (Phi) is 7.09. The van der Waals surface area contributed by atoms with Gasteiger partial charge in [-0.15, -0.1) is 0 Å². The van der Waals surface area contributed by atoms with Gasteiger partial charge < -0.3 is 0 Å². The average Bonchev–Trinajstić information content (AvgIpc) is 2.74. The number of aryl methyl sites for hydroxylation is 2. The van der Waals surface area contributed by atoms with Gasteiger partial charge in [-0.05, 0) is 49.2 Å². The van der Waals surface area contributed by atoms with Crippen LogP contribution in [-0.4, -0.2) is 27.1 Å². The van der Waals surface area contributed by atoms with Gasteiger partial charge in [-0.25, -0.2) is 13.8 Å². The molecule has 0 aliphatic carbocycles. The number of carbonyl (C=O) groups is 1. The van der Waals surface area contributed by atoms with E-state index in [1.54, 1.807) is 37.3 Å². The number of sulfonamides is 1. The molecule has 3 aromatic carbocycles. The number of hydrogen-bond acceptors (Lipinski definition) is 4. The second-order valence-corrected chi connectivity index (χ2v) is 9.26. The lowest BCUT2D eigenvalue weighted by Gasteiger charge is -2.25.